The van der Waals surface area contributed by atoms with E-state index in [9.17, 15) is 0 Å². The number of benzene rings is 7. The molecular weight excluding hydrogens is 811 g/mol. The first-order valence-electron chi connectivity index (χ1n) is 24.2. The van der Waals surface area contributed by atoms with Gasteiger partial charge in [0.05, 0.1) is 5.69 Å². The third kappa shape index (κ3) is 4.80. The van der Waals surface area contributed by atoms with Crippen molar-refractivity contribution in [2.24, 2.45) is 0 Å². The summed E-state index contributed by atoms with van der Waals surface area (Å²) in [6, 6.07) is 54.5. The maximum atomic E-state index is 2.62. The van der Waals surface area contributed by atoms with Gasteiger partial charge in [0.2, 0.25) is 0 Å². The van der Waals surface area contributed by atoms with Crippen LogP contribution in [0.3, 0.4) is 0 Å². The van der Waals surface area contributed by atoms with Gasteiger partial charge in [-0.15, -0.1) is 0 Å². The summed E-state index contributed by atoms with van der Waals surface area (Å²) in [7, 11) is -2.59. The maximum absolute atomic E-state index is 2.62. The predicted molar refractivity (Wildman–Crippen MR) is 281 cm³/mol. The zero-order valence-corrected chi connectivity index (χ0v) is 39.8. The fourth-order valence-corrected chi connectivity index (χ4v) is 19.8. The van der Waals surface area contributed by atoms with Gasteiger partial charge < -0.3 is 4.90 Å². The van der Waals surface area contributed by atoms with Gasteiger partial charge in [0.25, 0.3) is 0 Å². The van der Waals surface area contributed by atoms with E-state index in [1.807, 2.05) is 0 Å². The Morgan fingerprint density at radius 2 is 1.18 bits per heavy atom. The fourth-order valence-electron chi connectivity index (χ4n) is 13.8. The Bertz CT molecular complexity index is 3590. The van der Waals surface area contributed by atoms with Crippen LogP contribution in [0.2, 0.25) is 0 Å². The molecule has 1 atom stereocenters. The normalized spacial score (nSPS) is 22.3. The highest BCUT2D eigenvalue weighted by Crippen LogP contribution is 2.61. The fraction of sp³-hybridized carbons (Fsp3) is 0.188. The van der Waals surface area contributed by atoms with E-state index in [-0.39, 0.29) is 16.2 Å². The van der Waals surface area contributed by atoms with Gasteiger partial charge in [-0.3, -0.25) is 0 Å². The van der Waals surface area contributed by atoms with Crippen LogP contribution in [0.1, 0.15) is 94.2 Å². The highest BCUT2D eigenvalue weighted by atomic mass is 28.3. The zero-order valence-electron chi connectivity index (χ0n) is 38.8. The van der Waals surface area contributed by atoms with Crippen LogP contribution in [0.25, 0.3) is 44.2 Å². The molecule has 0 aromatic heterocycles. The third-order valence-electron chi connectivity index (χ3n) is 17.1. The summed E-state index contributed by atoms with van der Waals surface area (Å²) in [6.07, 6.45) is 17.8. The lowest BCUT2D eigenvalue weighted by atomic mass is 9.63. The van der Waals surface area contributed by atoms with Gasteiger partial charge in [0.15, 0.2) is 8.07 Å². The van der Waals surface area contributed by atoms with Crippen molar-refractivity contribution in [2.75, 3.05) is 4.90 Å². The molecule has 1 spiro atoms. The van der Waals surface area contributed by atoms with E-state index in [1.165, 1.54) is 119 Å². The quantitative estimate of drug-likeness (QED) is 0.159. The molecule has 0 N–H and O–H groups in total. The van der Waals surface area contributed by atoms with Crippen molar-refractivity contribution in [3.05, 3.63) is 231 Å². The zero-order chi connectivity index (χ0) is 44.5. The number of hydrogen-bond acceptors (Lipinski definition) is 1. The molecule has 318 valence electrons. The number of nitrogens with zero attached hydrogens (tertiary/aromatic N) is 1. The Balaban J connectivity index is 1.05. The molecular formula is C64H53NSi. The Hall–Kier alpha value is -6.74. The molecule has 3 heterocycles. The van der Waals surface area contributed by atoms with Crippen molar-refractivity contribution < 1.29 is 0 Å². The summed E-state index contributed by atoms with van der Waals surface area (Å²) >= 11 is 0. The van der Waals surface area contributed by atoms with E-state index in [1.54, 1.807) is 20.8 Å². The highest BCUT2D eigenvalue weighted by Gasteiger charge is 2.65. The monoisotopic (exact) mass is 863 g/mol. The van der Waals surface area contributed by atoms with Crippen molar-refractivity contribution in [3.63, 3.8) is 0 Å². The first-order valence-corrected chi connectivity index (χ1v) is 26.2. The molecule has 0 saturated heterocycles. The van der Waals surface area contributed by atoms with Gasteiger partial charge in [-0.1, -0.05) is 187 Å². The number of anilines is 3. The summed E-state index contributed by atoms with van der Waals surface area (Å²) in [5.74, 6) is 0. The third-order valence-corrected chi connectivity index (χ3v) is 22.2. The van der Waals surface area contributed by atoms with Gasteiger partial charge >= 0.3 is 0 Å². The second-order valence-electron chi connectivity index (χ2n) is 21.8. The molecule has 0 saturated carbocycles. The van der Waals surface area contributed by atoms with Crippen molar-refractivity contribution >= 4 is 57.4 Å². The molecule has 0 amide bonds. The van der Waals surface area contributed by atoms with Crippen molar-refractivity contribution in [1.29, 1.82) is 0 Å². The molecule has 2 heteroatoms. The minimum atomic E-state index is -2.59. The topological polar surface area (TPSA) is 3.24 Å². The molecule has 0 fully saturated rings. The highest BCUT2D eigenvalue weighted by molar-refractivity contribution is 7.21. The first kappa shape index (κ1) is 38.5. The smallest absolute Gasteiger partial charge is 0.183 e. The number of fused-ring (bicyclic) bond motifs is 9. The van der Waals surface area contributed by atoms with Crippen LogP contribution < -0.4 is 15.3 Å². The summed E-state index contributed by atoms with van der Waals surface area (Å²) in [5.41, 5.74) is 23.4. The average Bonchev–Trinajstić information content (AvgIpc) is 3.79. The van der Waals surface area contributed by atoms with Crippen LogP contribution in [0.15, 0.2) is 198 Å². The van der Waals surface area contributed by atoms with Gasteiger partial charge in [0, 0.05) is 22.2 Å². The molecule has 4 aliphatic carbocycles. The van der Waals surface area contributed by atoms with E-state index in [0.717, 1.165) is 6.42 Å². The molecule has 2 bridgehead atoms. The maximum Gasteiger partial charge on any atom is 0.183 e. The average molecular weight is 864 g/mol. The van der Waals surface area contributed by atoms with E-state index < -0.39 is 8.07 Å². The van der Waals surface area contributed by atoms with Gasteiger partial charge in [-0.05, 0) is 165 Å². The lowest BCUT2D eigenvalue weighted by Gasteiger charge is -2.43. The van der Waals surface area contributed by atoms with Gasteiger partial charge in [0.1, 0.15) is 0 Å². The van der Waals surface area contributed by atoms with Crippen LogP contribution in [0.5, 0.6) is 0 Å². The summed E-state index contributed by atoms with van der Waals surface area (Å²) in [5, 5.41) is 8.91. The van der Waals surface area contributed by atoms with E-state index in [0.29, 0.717) is 0 Å². The van der Waals surface area contributed by atoms with Crippen molar-refractivity contribution in [2.45, 2.75) is 77.0 Å². The largest absolute Gasteiger partial charge is 0.310 e. The number of hydrogen-bond donors (Lipinski definition) is 0. The Morgan fingerprint density at radius 1 is 0.515 bits per heavy atom. The van der Waals surface area contributed by atoms with Crippen LogP contribution >= 0.6 is 0 Å². The second-order valence-corrected chi connectivity index (χ2v) is 25.3. The molecule has 66 heavy (non-hydrogen) atoms. The SMILES string of the molecule is CC1(C)CCC(C)(C)c2cc(N(c3ccc4c(c3)C(C)(C)c3ccccc3-4)c3cccc4cccc(-c5cccc6c5[Si]57C8=C6/C=C\CC6=CC8=C5/C(=C\C=C6)c5ccccc57)c34)ccc21. The minimum Gasteiger partial charge on any atom is -0.310 e. The molecule has 3 aliphatic heterocycles. The molecule has 7 aromatic rings. The van der Waals surface area contributed by atoms with Gasteiger partial charge in [-0.2, -0.15) is 0 Å². The van der Waals surface area contributed by atoms with Crippen LogP contribution in [0, 0.1) is 0 Å². The molecule has 7 aliphatic rings. The van der Waals surface area contributed by atoms with E-state index in [4.69, 9.17) is 0 Å². The van der Waals surface area contributed by atoms with Crippen molar-refractivity contribution in [3.8, 4) is 22.3 Å². The minimum absolute atomic E-state index is 0.0643. The Kier molecular flexibility index (Phi) is 7.58. The van der Waals surface area contributed by atoms with E-state index in [2.05, 4.69) is 222 Å². The van der Waals surface area contributed by atoms with Gasteiger partial charge in [-0.25, -0.2) is 0 Å². The standard InChI is InChI=1S/C64H53NSi/c1-62(2)34-35-63(3,4)55-38-42(31-33-53(55)62)65(41-30-32-44-43-20-7-9-27-52(43)64(5,6)54(44)37-41)56-28-14-19-40-18-13-22-46(58(40)56)48-25-15-26-49-50-24-12-17-39-16-11-23-47-45-21-8-10-29-57(45)66(59(48)49)60(47)51(36-39)61(50)66/h7-16,18-33,36-38H,17,34-35H2,1-6H3/b16-11?,23-11?,24-12-,39-16?,39-36?,47-23-,51-36?. The summed E-state index contributed by atoms with van der Waals surface area (Å²) in [4.78, 5) is 2.62. The molecule has 1 nitrogen and oxygen atoms in total. The number of rotatable bonds is 4. The lowest BCUT2D eigenvalue weighted by Crippen LogP contribution is -2.63. The molecule has 0 radical (unpaired) electrons. The van der Waals surface area contributed by atoms with Crippen LogP contribution in [-0.4, -0.2) is 8.07 Å². The summed E-state index contributed by atoms with van der Waals surface area (Å²) < 4.78 is 0. The predicted octanol–water partition coefficient (Wildman–Crippen LogP) is 15.2. The molecule has 7 aromatic carbocycles. The second kappa shape index (κ2) is 13.0. The van der Waals surface area contributed by atoms with Crippen LogP contribution in [0.4, 0.5) is 17.1 Å². The van der Waals surface area contributed by atoms with E-state index >= 15 is 0 Å². The number of allylic oxidation sites excluding steroid dienone is 12. The Labute approximate surface area is 390 Å². The Morgan fingerprint density at radius 3 is 2.03 bits per heavy atom. The molecule has 1 unspecified atom stereocenters. The molecule has 14 rings (SSSR count). The first-order chi connectivity index (χ1) is 32.0. The lowest BCUT2D eigenvalue weighted by molar-refractivity contribution is 0.332. The summed E-state index contributed by atoms with van der Waals surface area (Å²) in [6.45, 7) is 14.6. The van der Waals surface area contributed by atoms with Crippen molar-refractivity contribution in [1.82, 2.24) is 0 Å². The van der Waals surface area contributed by atoms with Crippen LogP contribution in [-0.2, 0) is 16.2 Å².